The molecule has 0 saturated carbocycles. The number of hydrogen-bond donors (Lipinski definition) is 2. The lowest BCUT2D eigenvalue weighted by molar-refractivity contribution is 0.0602. The van der Waals surface area contributed by atoms with Gasteiger partial charge < -0.3 is 29.6 Å². The summed E-state index contributed by atoms with van der Waals surface area (Å²) in [4.78, 5) is 25.1. The largest absolute Gasteiger partial charge is 0.491 e. The first kappa shape index (κ1) is 20.8. The molecule has 9 heteroatoms. The Hall–Kier alpha value is -3.46. The van der Waals surface area contributed by atoms with Crippen LogP contribution in [0.25, 0.3) is 10.1 Å². The van der Waals surface area contributed by atoms with E-state index in [1.165, 1.54) is 18.4 Å². The fraction of sp³-hybridized carbons (Fsp3) is 0.273. The Kier molecular flexibility index (Phi) is 6.13. The van der Waals surface area contributed by atoms with Crippen LogP contribution in [0.1, 0.15) is 23.0 Å². The van der Waals surface area contributed by atoms with Crippen molar-refractivity contribution in [3.8, 4) is 17.2 Å². The van der Waals surface area contributed by atoms with Crippen molar-refractivity contribution >= 4 is 44.8 Å². The first-order valence-electron chi connectivity index (χ1n) is 9.84. The first-order valence-corrected chi connectivity index (χ1v) is 10.7. The molecule has 162 valence electrons. The maximum atomic E-state index is 12.5. The number of fused-ring (bicyclic) bond motifs is 2. The number of ether oxygens (including phenoxy) is 4. The molecule has 0 unspecified atom stereocenters. The molecule has 2 amide bonds. The standard InChI is InChI=1S/C22H22N2O6S/c1-3-8-30-19-15-11-13(5-7-18(15)31-20(19)21(25)27-2)23-22(26)24-14-4-6-16-17(12-14)29-10-9-28-16/h4-7,11-12H,3,8-10H2,1-2H3,(H2,23,24,26). The summed E-state index contributed by atoms with van der Waals surface area (Å²) in [5.74, 6) is 1.28. The highest BCUT2D eigenvalue weighted by molar-refractivity contribution is 7.21. The summed E-state index contributed by atoms with van der Waals surface area (Å²) in [6.07, 6.45) is 0.799. The number of rotatable bonds is 6. The van der Waals surface area contributed by atoms with Crippen LogP contribution in [0.3, 0.4) is 0 Å². The summed E-state index contributed by atoms with van der Waals surface area (Å²) < 4.78 is 22.6. The summed E-state index contributed by atoms with van der Waals surface area (Å²) in [5, 5.41) is 6.34. The monoisotopic (exact) mass is 442 g/mol. The molecule has 4 rings (SSSR count). The van der Waals surface area contributed by atoms with Crippen LogP contribution in [0.5, 0.6) is 17.2 Å². The van der Waals surface area contributed by atoms with Gasteiger partial charge in [0, 0.05) is 27.5 Å². The zero-order chi connectivity index (χ0) is 21.8. The summed E-state index contributed by atoms with van der Waals surface area (Å²) in [5.41, 5.74) is 1.15. The normalized spacial score (nSPS) is 12.3. The number of benzene rings is 2. The summed E-state index contributed by atoms with van der Waals surface area (Å²) in [6.45, 7) is 3.44. The minimum atomic E-state index is -0.446. The van der Waals surface area contributed by atoms with Crippen molar-refractivity contribution in [1.82, 2.24) is 0 Å². The van der Waals surface area contributed by atoms with E-state index >= 15 is 0 Å². The fourth-order valence-corrected chi connectivity index (χ4v) is 4.19. The molecule has 1 aliphatic heterocycles. The van der Waals surface area contributed by atoms with Gasteiger partial charge in [-0.05, 0) is 36.8 Å². The average Bonchev–Trinajstić information content (AvgIpc) is 3.14. The van der Waals surface area contributed by atoms with Gasteiger partial charge in [0.05, 0.1) is 13.7 Å². The zero-order valence-electron chi connectivity index (χ0n) is 17.2. The van der Waals surface area contributed by atoms with E-state index in [0.29, 0.717) is 53.3 Å². The van der Waals surface area contributed by atoms with Crippen LogP contribution in [0.15, 0.2) is 36.4 Å². The third kappa shape index (κ3) is 4.51. The molecule has 1 aliphatic rings. The van der Waals surface area contributed by atoms with Crippen LogP contribution in [-0.2, 0) is 4.74 Å². The van der Waals surface area contributed by atoms with E-state index in [0.717, 1.165) is 16.5 Å². The Morgan fingerprint density at radius 3 is 2.48 bits per heavy atom. The Morgan fingerprint density at radius 2 is 1.74 bits per heavy atom. The molecule has 0 aliphatic carbocycles. The number of anilines is 2. The van der Waals surface area contributed by atoms with Crippen molar-refractivity contribution in [3.63, 3.8) is 0 Å². The molecule has 2 aromatic carbocycles. The second-order valence-electron chi connectivity index (χ2n) is 6.75. The van der Waals surface area contributed by atoms with Crippen LogP contribution < -0.4 is 24.8 Å². The molecule has 0 spiro atoms. The maximum absolute atomic E-state index is 12.5. The highest BCUT2D eigenvalue weighted by Crippen LogP contribution is 2.40. The predicted octanol–water partition coefficient (Wildman–Crippen LogP) is 4.89. The van der Waals surface area contributed by atoms with Crippen molar-refractivity contribution in [2.45, 2.75) is 13.3 Å². The summed E-state index contributed by atoms with van der Waals surface area (Å²) in [6, 6.07) is 10.2. The van der Waals surface area contributed by atoms with Crippen LogP contribution in [0.2, 0.25) is 0 Å². The van der Waals surface area contributed by atoms with Crippen LogP contribution >= 0.6 is 11.3 Å². The number of carbonyl (C=O) groups excluding carboxylic acids is 2. The Labute approximate surface area is 183 Å². The highest BCUT2D eigenvalue weighted by Gasteiger charge is 2.21. The lowest BCUT2D eigenvalue weighted by Crippen LogP contribution is -2.20. The highest BCUT2D eigenvalue weighted by atomic mass is 32.1. The van der Waals surface area contributed by atoms with Crippen LogP contribution in [0, 0.1) is 0 Å². The van der Waals surface area contributed by atoms with Crippen LogP contribution in [-0.4, -0.2) is 38.9 Å². The minimum Gasteiger partial charge on any atom is -0.491 e. The number of esters is 1. The molecule has 0 fully saturated rings. The van der Waals surface area contributed by atoms with Crippen LogP contribution in [0.4, 0.5) is 16.2 Å². The smallest absolute Gasteiger partial charge is 0.351 e. The molecule has 2 N–H and O–H groups in total. The van der Waals surface area contributed by atoms with Gasteiger partial charge in [-0.1, -0.05) is 6.92 Å². The topological polar surface area (TPSA) is 95.1 Å². The lowest BCUT2D eigenvalue weighted by Gasteiger charge is -2.19. The fourth-order valence-electron chi connectivity index (χ4n) is 3.14. The summed E-state index contributed by atoms with van der Waals surface area (Å²) in [7, 11) is 1.34. The average molecular weight is 442 g/mol. The number of amides is 2. The van der Waals surface area contributed by atoms with Gasteiger partial charge in [-0.25, -0.2) is 9.59 Å². The van der Waals surface area contributed by atoms with Crippen molar-refractivity contribution < 1.29 is 28.5 Å². The van der Waals surface area contributed by atoms with Crippen molar-refractivity contribution in [1.29, 1.82) is 0 Å². The number of thiophene rings is 1. The third-order valence-corrected chi connectivity index (χ3v) is 5.65. The summed E-state index contributed by atoms with van der Waals surface area (Å²) >= 11 is 1.30. The molecule has 1 aromatic heterocycles. The van der Waals surface area contributed by atoms with Crippen molar-refractivity contribution in [2.75, 3.05) is 37.6 Å². The Balaban J connectivity index is 1.53. The molecule has 8 nitrogen and oxygen atoms in total. The minimum absolute atomic E-state index is 0.406. The molecule has 0 atom stereocenters. The number of urea groups is 1. The molecule has 0 radical (unpaired) electrons. The molecule has 3 aromatic rings. The number of carbonyl (C=O) groups is 2. The number of nitrogens with one attached hydrogen (secondary N) is 2. The molecule has 31 heavy (non-hydrogen) atoms. The van der Waals surface area contributed by atoms with Gasteiger partial charge in [0.1, 0.15) is 13.2 Å². The van der Waals surface area contributed by atoms with Gasteiger partial charge in [-0.2, -0.15) is 0 Å². The molecule has 0 saturated heterocycles. The van der Waals surface area contributed by atoms with Crippen molar-refractivity contribution in [3.05, 3.63) is 41.3 Å². The van der Waals surface area contributed by atoms with Gasteiger partial charge in [0.15, 0.2) is 22.1 Å². The first-order chi connectivity index (χ1) is 15.1. The molecule has 0 bridgehead atoms. The number of hydrogen-bond acceptors (Lipinski definition) is 7. The van der Waals surface area contributed by atoms with Crippen molar-refractivity contribution in [2.24, 2.45) is 0 Å². The van der Waals surface area contributed by atoms with E-state index in [2.05, 4.69) is 10.6 Å². The van der Waals surface area contributed by atoms with Gasteiger partial charge in [0.25, 0.3) is 0 Å². The Morgan fingerprint density at radius 1 is 1.03 bits per heavy atom. The molecular weight excluding hydrogens is 420 g/mol. The Bertz CT molecular complexity index is 1130. The second-order valence-corrected chi connectivity index (χ2v) is 7.80. The van der Waals surface area contributed by atoms with E-state index in [-0.39, 0.29) is 0 Å². The number of methoxy groups -OCH3 is 1. The maximum Gasteiger partial charge on any atom is 0.351 e. The van der Waals surface area contributed by atoms with E-state index in [9.17, 15) is 9.59 Å². The van der Waals surface area contributed by atoms with E-state index in [1.54, 1.807) is 30.3 Å². The lowest BCUT2D eigenvalue weighted by atomic mass is 10.2. The van der Waals surface area contributed by atoms with E-state index in [1.807, 2.05) is 13.0 Å². The van der Waals surface area contributed by atoms with Gasteiger partial charge >= 0.3 is 12.0 Å². The van der Waals surface area contributed by atoms with Gasteiger partial charge in [-0.15, -0.1) is 11.3 Å². The van der Waals surface area contributed by atoms with Gasteiger partial charge in [0.2, 0.25) is 0 Å². The SMILES string of the molecule is CCCOc1c(C(=O)OC)sc2ccc(NC(=O)Nc3ccc4c(c3)OCCO4)cc12. The molecular formula is C22H22N2O6S. The zero-order valence-corrected chi connectivity index (χ0v) is 18.0. The predicted molar refractivity (Wildman–Crippen MR) is 119 cm³/mol. The second kappa shape index (κ2) is 9.13. The van der Waals surface area contributed by atoms with E-state index in [4.69, 9.17) is 18.9 Å². The van der Waals surface area contributed by atoms with E-state index < -0.39 is 12.0 Å². The molecule has 2 heterocycles. The third-order valence-electron chi connectivity index (χ3n) is 4.52. The van der Waals surface area contributed by atoms with Gasteiger partial charge in [-0.3, -0.25) is 0 Å². The quantitative estimate of drug-likeness (QED) is 0.528.